The second-order valence-corrected chi connectivity index (χ2v) is 6.37. The second-order valence-electron chi connectivity index (χ2n) is 5.53. The number of aromatic nitrogens is 2. The number of benzene rings is 2. The molecule has 1 amide bonds. The van der Waals surface area contributed by atoms with E-state index in [2.05, 4.69) is 15.5 Å². The van der Waals surface area contributed by atoms with Gasteiger partial charge in [0.15, 0.2) is 0 Å². The van der Waals surface area contributed by atoms with Gasteiger partial charge in [-0.1, -0.05) is 34.4 Å². The van der Waals surface area contributed by atoms with Crippen LogP contribution in [0.2, 0.25) is 10.0 Å². The monoisotopic (exact) mass is 393 g/mol. The lowest BCUT2D eigenvalue weighted by atomic mass is 10.2. The quantitative estimate of drug-likeness (QED) is 0.672. The van der Waals surface area contributed by atoms with E-state index in [-0.39, 0.29) is 18.1 Å². The molecular weight excluding hydrogens is 380 g/mol. The van der Waals surface area contributed by atoms with Crippen LogP contribution >= 0.6 is 23.2 Å². The van der Waals surface area contributed by atoms with Crippen molar-refractivity contribution in [2.45, 2.75) is 19.4 Å². The highest BCUT2D eigenvalue weighted by molar-refractivity contribution is 6.35. The first-order valence-corrected chi connectivity index (χ1v) is 8.56. The van der Waals surface area contributed by atoms with Crippen molar-refractivity contribution < 1.29 is 13.7 Å². The van der Waals surface area contributed by atoms with E-state index in [1.54, 1.807) is 30.3 Å². The predicted molar refractivity (Wildman–Crippen MR) is 96.3 cm³/mol. The van der Waals surface area contributed by atoms with E-state index in [1.807, 2.05) is 0 Å². The summed E-state index contributed by atoms with van der Waals surface area (Å²) >= 11 is 11.9. The number of amides is 1. The zero-order valence-electron chi connectivity index (χ0n) is 13.5. The van der Waals surface area contributed by atoms with Gasteiger partial charge in [0.1, 0.15) is 5.82 Å². The van der Waals surface area contributed by atoms with Gasteiger partial charge in [0.2, 0.25) is 17.6 Å². The van der Waals surface area contributed by atoms with Crippen molar-refractivity contribution in [3.63, 3.8) is 0 Å². The molecule has 0 bridgehead atoms. The molecule has 0 atom stereocenters. The summed E-state index contributed by atoms with van der Waals surface area (Å²) in [5.74, 6) is 0.185. The SMILES string of the molecule is O=C(CCc1nc(-c2ccc(F)cc2)no1)NCc1ccc(Cl)cc1Cl. The number of nitrogens with zero attached hydrogens (tertiary/aromatic N) is 2. The van der Waals surface area contributed by atoms with Gasteiger partial charge in [0.25, 0.3) is 0 Å². The van der Waals surface area contributed by atoms with E-state index in [1.165, 1.54) is 12.1 Å². The van der Waals surface area contributed by atoms with Crippen LogP contribution in [0.1, 0.15) is 17.9 Å². The summed E-state index contributed by atoms with van der Waals surface area (Å²) in [4.78, 5) is 16.2. The minimum absolute atomic E-state index is 0.169. The Morgan fingerprint density at radius 2 is 1.92 bits per heavy atom. The van der Waals surface area contributed by atoms with Crippen LogP contribution in [-0.4, -0.2) is 16.0 Å². The molecule has 0 aliphatic heterocycles. The number of halogens is 3. The van der Waals surface area contributed by atoms with Crippen LogP contribution in [0.15, 0.2) is 47.0 Å². The normalized spacial score (nSPS) is 10.7. The molecule has 1 heterocycles. The topological polar surface area (TPSA) is 68.0 Å². The minimum atomic E-state index is -0.338. The van der Waals surface area contributed by atoms with E-state index in [0.29, 0.717) is 40.3 Å². The van der Waals surface area contributed by atoms with Crippen molar-refractivity contribution in [2.24, 2.45) is 0 Å². The molecule has 3 aromatic rings. The van der Waals surface area contributed by atoms with E-state index in [9.17, 15) is 9.18 Å². The minimum Gasteiger partial charge on any atom is -0.352 e. The Morgan fingerprint density at radius 3 is 2.65 bits per heavy atom. The zero-order valence-corrected chi connectivity index (χ0v) is 15.0. The number of carbonyl (C=O) groups is 1. The summed E-state index contributed by atoms with van der Waals surface area (Å²) in [5, 5.41) is 7.65. The molecule has 134 valence electrons. The molecule has 0 spiro atoms. The van der Waals surface area contributed by atoms with Gasteiger partial charge >= 0.3 is 0 Å². The molecule has 1 aromatic heterocycles. The van der Waals surface area contributed by atoms with Gasteiger partial charge in [-0.3, -0.25) is 4.79 Å². The smallest absolute Gasteiger partial charge is 0.227 e. The molecule has 8 heteroatoms. The van der Waals surface area contributed by atoms with Gasteiger partial charge in [-0.15, -0.1) is 0 Å². The molecule has 0 unspecified atom stereocenters. The second kappa shape index (κ2) is 8.29. The maximum absolute atomic E-state index is 12.9. The molecule has 5 nitrogen and oxygen atoms in total. The van der Waals surface area contributed by atoms with Gasteiger partial charge in [0.05, 0.1) is 0 Å². The lowest BCUT2D eigenvalue weighted by molar-refractivity contribution is -0.121. The van der Waals surface area contributed by atoms with Crippen molar-refractivity contribution >= 4 is 29.1 Å². The van der Waals surface area contributed by atoms with Crippen molar-refractivity contribution in [3.8, 4) is 11.4 Å². The summed E-state index contributed by atoms with van der Waals surface area (Å²) < 4.78 is 18.1. The standard InChI is InChI=1S/C18H14Cl2FN3O2/c19-13-4-1-12(15(20)9-13)10-22-16(25)7-8-17-23-18(24-26-17)11-2-5-14(21)6-3-11/h1-6,9H,7-8,10H2,(H,22,25). The van der Waals surface area contributed by atoms with Gasteiger partial charge in [-0.25, -0.2) is 4.39 Å². The molecule has 0 radical (unpaired) electrons. The lowest BCUT2D eigenvalue weighted by Crippen LogP contribution is -2.23. The molecule has 2 aromatic carbocycles. The van der Waals surface area contributed by atoms with Gasteiger partial charge in [-0.05, 0) is 42.0 Å². The molecule has 0 saturated heterocycles. The maximum atomic E-state index is 12.9. The zero-order chi connectivity index (χ0) is 18.5. The van der Waals surface area contributed by atoms with Crippen LogP contribution < -0.4 is 5.32 Å². The fourth-order valence-corrected chi connectivity index (χ4v) is 2.72. The van der Waals surface area contributed by atoms with Crippen molar-refractivity contribution in [1.29, 1.82) is 0 Å². The highest BCUT2D eigenvalue weighted by atomic mass is 35.5. The third-order valence-electron chi connectivity index (χ3n) is 3.63. The van der Waals surface area contributed by atoms with Crippen LogP contribution in [0.4, 0.5) is 4.39 Å². The molecule has 3 rings (SSSR count). The molecule has 0 saturated carbocycles. The summed E-state index contributed by atoms with van der Waals surface area (Å²) in [6.45, 7) is 0.305. The Bertz CT molecular complexity index is 913. The van der Waals surface area contributed by atoms with Crippen LogP contribution in [0.5, 0.6) is 0 Å². The molecule has 0 fully saturated rings. The molecule has 0 aliphatic carbocycles. The van der Waals surface area contributed by atoms with E-state index < -0.39 is 0 Å². The Hall–Kier alpha value is -2.44. The van der Waals surface area contributed by atoms with E-state index >= 15 is 0 Å². The van der Waals surface area contributed by atoms with Crippen molar-refractivity contribution in [1.82, 2.24) is 15.5 Å². The van der Waals surface area contributed by atoms with Crippen LogP contribution in [0.3, 0.4) is 0 Å². The Kier molecular flexibility index (Phi) is 5.85. The summed E-state index contributed by atoms with van der Waals surface area (Å²) in [5.41, 5.74) is 1.42. The third-order valence-corrected chi connectivity index (χ3v) is 4.21. The predicted octanol–water partition coefficient (Wildman–Crippen LogP) is 4.43. The Balaban J connectivity index is 1.51. The Labute approximate surface area is 159 Å². The average molecular weight is 394 g/mol. The Morgan fingerprint density at radius 1 is 1.15 bits per heavy atom. The number of nitrogens with one attached hydrogen (secondary N) is 1. The van der Waals surface area contributed by atoms with Crippen LogP contribution in [-0.2, 0) is 17.8 Å². The number of hydrogen-bond acceptors (Lipinski definition) is 4. The molecule has 0 aliphatic rings. The van der Waals surface area contributed by atoms with Crippen molar-refractivity contribution in [2.75, 3.05) is 0 Å². The fourth-order valence-electron chi connectivity index (χ4n) is 2.24. The molecular formula is C18H14Cl2FN3O2. The van der Waals surface area contributed by atoms with E-state index in [4.69, 9.17) is 27.7 Å². The number of hydrogen-bond donors (Lipinski definition) is 1. The van der Waals surface area contributed by atoms with Gasteiger partial charge in [-0.2, -0.15) is 4.98 Å². The number of carbonyl (C=O) groups excluding carboxylic acids is 1. The first-order valence-electron chi connectivity index (χ1n) is 7.80. The van der Waals surface area contributed by atoms with Crippen LogP contribution in [0, 0.1) is 5.82 Å². The average Bonchev–Trinajstić information content (AvgIpc) is 3.09. The van der Waals surface area contributed by atoms with Crippen molar-refractivity contribution in [3.05, 3.63) is 69.8 Å². The third kappa shape index (κ3) is 4.80. The first-order chi connectivity index (χ1) is 12.5. The highest BCUT2D eigenvalue weighted by Gasteiger charge is 2.11. The number of aryl methyl sites for hydroxylation is 1. The maximum Gasteiger partial charge on any atom is 0.227 e. The van der Waals surface area contributed by atoms with Gasteiger partial charge in [0, 0.05) is 35.0 Å². The first kappa shape index (κ1) is 18.4. The van der Waals surface area contributed by atoms with Crippen LogP contribution in [0.25, 0.3) is 11.4 Å². The van der Waals surface area contributed by atoms with Gasteiger partial charge < -0.3 is 9.84 Å². The van der Waals surface area contributed by atoms with E-state index in [0.717, 1.165) is 5.56 Å². The number of rotatable bonds is 6. The summed E-state index contributed by atoms with van der Waals surface area (Å²) in [6.07, 6.45) is 0.491. The molecule has 26 heavy (non-hydrogen) atoms. The lowest BCUT2D eigenvalue weighted by Gasteiger charge is -2.06. The largest absolute Gasteiger partial charge is 0.352 e. The highest BCUT2D eigenvalue weighted by Crippen LogP contribution is 2.21. The summed E-state index contributed by atoms with van der Waals surface area (Å²) in [7, 11) is 0. The molecule has 1 N–H and O–H groups in total. The fraction of sp³-hybridized carbons (Fsp3) is 0.167. The summed E-state index contributed by atoms with van der Waals surface area (Å²) in [6, 6.07) is 10.9.